The summed E-state index contributed by atoms with van der Waals surface area (Å²) in [5, 5.41) is 21.8. The lowest BCUT2D eigenvalue weighted by Crippen LogP contribution is -2.50. The second-order valence-corrected chi connectivity index (χ2v) is 9.57. The lowest BCUT2D eigenvalue weighted by molar-refractivity contribution is 0.0356. The summed E-state index contributed by atoms with van der Waals surface area (Å²) in [4.78, 5) is 34.1. The Morgan fingerprint density at radius 1 is 1.24 bits per heavy atom. The minimum Gasteiger partial charge on any atom is -0.472 e. The molecular weight excluding hydrogens is 482 g/mol. The zero-order valence-electron chi connectivity index (χ0n) is 21.7. The van der Waals surface area contributed by atoms with E-state index in [4.69, 9.17) is 10.00 Å². The lowest BCUT2D eigenvalue weighted by atomic mass is 9.99. The van der Waals surface area contributed by atoms with Gasteiger partial charge in [0.25, 0.3) is 5.91 Å². The van der Waals surface area contributed by atoms with Gasteiger partial charge in [-0.05, 0) is 42.8 Å². The van der Waals surface area contributed by atoms with Gasteiger partial charge in [-0.1, -0.05) is 37.3 Å². The Morgan fingerprint density at radius 3 is 2.61 bits per heavy atom. The van der Waals surface area contributed by atoms with Crippen molar-refractivity contribution in [1.29, 1.82) is 5.26 Å². The molecule has 9 nitrogen and oxygen atoms in total. The number of fused-ring (bicyclic) bond motifs is 1. The highest BCUT2D eigenvalue weighted by atomic mass is 16.5. The van der Waals surface area contributed by atoms with Crippen LogP contribution in [0.4, 0.5) is 10.5 Å². The molecule has 0 radical (unpaired) electrons. The standard InChI is InChI=1S/C29H31N5O4/c1-19-16-34(20(2)18-35)28(36)25-13-23(22-11-9-21(14-30)10-12-22)15-31-27(25)38-26(19)17-33(3)29(37)32-24-7-5-4-6-8-24/h4-13,15,19-20,26,35H,16-18H2,1-3H3,(H,32,37)/t19-,20-,26+/m0/s1. The number of nitrogens with zero attached hydrogens (tertiary/aromatic N) is 4. The summed E-state index contributed by atoms with van der Waals surface area (Å²) in [7, 11) is 1.69. The minimum atomic E-state index is -0.463. The van der Waals surface area contributed by atoms with Crippen LogP contribution in [0.2, 0.25) is 0 Å². The van der Waals surface area contributed by atoms with Gasteiger partial charge in [-0.2, -0.15) is 5.26 Å². The minimum absolute atomic E-state index is 0.159. The van der Waals surface area contributed by atoms with Gasteiger partial charge in [-0.25, -0.2) is 9.78 Å². The highest BCUT2D eigenvalue weighted by Gasteiger charge is 2.34. The Bertz CT molecular complexity index is 1320. The fourth-order valence-electron chi connectivity index (χ4n) is 4.31. The molecule has 3 atom stereocenters. The van der Waals surface area contributed by atoms with Gasteiger partial charge in [-0.15, -0.1) is 0 Å². The summed E-state index contributed by atoms with van der Waals surface area (Å²) in [6, 6.07) is 19.3. The number of carbonyl (C=O) groups excluding carboxylic acids is 2. The molecule has 0 fully saturated rings. The number of hydrogen-bond acceptors (Lipinski definition) is 6. The van der Waals surface area contributed by atoms with Crippen LogP contribution in [0, 0.1) is 17.2 Å². The van der Waals surface area contributed by atoms with Crippen LogP contribution in [-0.2, 0) is 0 Å². The molecular formula is C29H31N5O4. The lowest BCUT2D eigenvalue weighted by Gasteiger charge is -2.37. The molecule has 38 heavy (non-hydrogen) atoms. The van der Waals surface area contributed by atoms with E-state index in [1.807, 2.05) is 37.3 Å². The Labute approximate surface area is 222 Å². The summed E-state index contributed by atoms with van der Waals surface area (Å²) in [6.45, 7) is 4.14. The monoisotopic (exact) mass is 513 g/mol. The van der Waals surface area contributed by atoms with E-state index in [-0.39, 0.29) is 42.5 Å². The summed E-state index contributed by atoms with van der Waals surface area (Å²) in [5.74, 6) is -0.269. The van der Waals surface area contributed by atoms with E-state index in [0.717, 1.165) is 5.56 Å². The molecule has 1 aliphatic rings. The molecule has 1 aliphatic heterocycles. The van der Waals surface area contributed by atoms with Gasteiger partial charge in [-0.3, -0.25) is 4.79 Å². The molecule has 0 bridgehead atoms. The Morgan fingerprint density at radius 2 is 1.95 bits per heavy atom. The van der Waals surface area contributed by atoms with E-state index in [1.54, 1.807) is 60.3 Å². The summed E-state index contributed by atoms with van der Waals surface area (Å²) in [6.07, 6.45) is 1.16. The number of carbonyl (C=O) groups is 2. The van der Waals surface area contributed by atoms with Crippen LogP contribution >= 0.6 is 0 Å². The number of amides is 3. The van der Waals surface area contributed by atoms with Gasteiger partial charge in [0, 0.05) is 37.0 Å². The van der Waals surface area contributed by atoms with Crippen LogP contribution in [0.5, 0.6) is 5.88 Å². The third-order valence-corrected chi connectivity index (χ3v) is 6.69. The van der Waals surface area contributed by atoms with E-state index in [0.29, 0.717) is 23.4 Å². The van der Waals surface area contributed by atoms with Crippen molar-refractivity contribution in [3.05, 3.63) is 78.0 Å². The van der Waals surface area contributed by atoms with Gasteiger partial charge in [0.1, 0.15) is 11.7 Å². The second-order valence-electron chi connectivity index (χ2n) is 9.57. The number of nitriles is 1. The molecule has 2 N–H and O–H groups in total. The fraction of sp³-hybridized carbons (Fsp3) is 0.310. The van der Waals surface area contributed by atoms with Crippen molar-refractivity contribution in [3.63, 3.8) is 0 Å². The highest BCUT2D eigenvalue weighted by Crippen LogP contribution is 2.30. The predicted octanol–water partition coefficient (Wildman–Crippen LogP) is 4.00. The van der Waals surface area contributed by atoms with Crippen molar-refractivity contribution in [2.45, 2.75) is 26.0 Å². The molecule has 9 heteroatoms. The zero-order chi connectivity index (χ0) is 27.2. The summed E-state index contributed by atoms with van der Waals surface area (Å²) < 4.78 is 6.29. The van der Waals surface area contributed by atoms with Crippen LogP contribution in [0.3, 0.4) is 0 Å². The first-order chi connectivity index (χ1) is 18.3. The maximum Gasteiger partial charge on any atom is 0.321 e. The number of rotatable bonds is 6. The van der Waals surface area contributed by atoms with Gasteiger partial charge < -0.3 is 25.0 Å². The van der Waals surface area contributed by atoms with Gasteiger partial charge >= 0.3 is 6.03 Å². The average molecular weight is 514 g/mol. The number of aromatic nitrogens is 1. The van der Waals surface area contributed by atoms with Crippen LogP contribution in [0.1, 0.15) is 29.8 Å². The van der Waals surface area contributed by atoms with Crippen molar-refractivity contribution in [3.8, 4) is 23.1 Å². The highest BCUT2D eigenvalue weighted by molar-refractivity contribution is 5.98. The number of benzene rings is 2. The van der Waals surface area contributed by atoms with Crippen LogP contribution < -0.4 is 10.1 Å². The number of ether oxygens (including phenoxy) is 1. The molecule has 0 spiro atoms. The Hall–Kier alpha value is -4.42. The largest absolute Gasteiger partial charge is 0.472 e. The topological polar surface area (TPSA) is 119 Å². The number of anilines is 1. The number of hydrogen-bond donors (Lipinski definition) is 2. The van der Waals surface area contributed by atoms with Crippen molar-refractivity contribution in [2.75, 3.05) is 32.1 Å². The van der Waals surface area contributed by atoms with Crippen molar-refractivity contribution >= 4 is 17.6 Å². The molecule has 3 aromatic rings. The summed E-state index contributed by atoms with van der Waals surface area (Å²) in [5.41, 5.74) is 3.00. The van der Waals surface area contributed by atoms with E-state index < -0.39 is 12.1 Å². The summed E-state index contributed by atoms with van der Waals surface area (Å²) >= 11 is 0. The molecule has 0 saturated heterocycles. The van der Waals surface area contributed by atoms with Crippen LogP contribution in [0.15, 0.2) is 66.9 Å². The second kappa shape index (κ2) is 11.8. The van der Waals surface area contributed by atoms with Crippen molar-refractivity contribution < 1.29 is 19.4 Å². The number of para-hydroxylation sites is 1. The SMILES string of the molecule is C[C@H]1CN([C@@H](C)CO)C(=O)c2cc(-c3ccc(C#N)cc3)cnc2O[C@@H]1CN(C)C(=O)Nc1ccccc1. The van der Waals surface area contributed by atoms with Crippen LogP contribution in [0.25, 0.3) is 11.1 Å². The van der Waals surface area contributed by atoms with Crippen LogP contribution in [-0.4, -0.2) is 70.7 Å². The third kappa shape index (κ3) is 5.93. The number of nitrogens with one attached hydrogen (secondary N) is 1. The van der Waals surface area contributed by atoms with E-state index in [2.05, 4.69) is 16.4 Å². The fourth-order valence-corrected chi connectivity index (χ4v) is 4.31. The maximum absolute atomic E-state index is 13.6. The first kappa shape index (κ1) is 26.6. The quantitative estimate of drug-likeness (QED) is 0.514. The van der Waals surface area contributed by atoms with Gasteiger partial charge in [0.15, 0.2) is 0 Å². The van der Waals surface area contributed by atoms with E-state index >= 15 is 0 Å². The van der Waals surface area contributed by atoms with Crippen molar-refractivity contribution in [2.24, 2.45) is 5.92 Å². The Balaban J connectivity index is 1.63. The number of urea groups is 1. The molecule has 196 valence electrons. The smallest absolute Gasteiger partial charge is 0.321 e. The number of aliphatic hydroxyl groups excluding tert-OH is 1. The van der Waals surface area contributed by atoms with E-state index in [9.17, 15) is 14.7 Å². The molecule has 0 saturated carbocycles. The zero-order valence-corrected chi connectivity index (χ0v) is 21.7. The first-order valence-electron chi connectivity index (χ1n) is 12.5. The molecule has 1 aromatic heterocycles. The number of aliphatic hydroxyl groups is 1. The van der Waals surface area contributed by atoms with Gasteiger partial charge in [0.2, 0.25) is 5.88 Å². The Kier molecular flexibility index (Phi) is 8.24. The molecule has 4 rings (SSSR count). The maximum atomic E-state index is 13.6. The third-order valence-electron chi connectivity index (χ3n) is 6.69. The van der Waals surface area contributed by atoms with Crippen molar-refractivity contribution in [1.82, 2.24) is 14.8 Å². The molecule has 2 aromatic carbocycles. The van der Waals surface area contributed by atoms with Gasteiger partial charge in [0.05, 0.1) is 30.8 Å². The molecule has 0 unspecified atom stereocenters. The normalized spacial score (nSPS) is 17.8. The number of pyridine rings is 1. The molecule has 2 heterocycles. The molecule has 0 aliphatic carbocycles. The van der Waals surface area contributed by atoms with E-state index in [1.165, 1.54) is 0 Å². The average Bonchev–Trinajstić information content (AvgIpc) is 2.94. The first-order valence-corrected chi connectivity index (χ1v) is 12.5. The predicted molar refractivity (Wildman–Crippen MR) is 144 cm³/mol. The molecule has 3 amide bonds. The number of likely N-dealkylation sites (N-methyl/N-ethyl adjacent to an activating group) is 1.